The van der Waals surface area contributed by atoms with Crippen LogP contribution in [0.4, 0.5) is 8.78 Å². The summed E-state index contributed by atoms with van der Waals surface area (Å²) in [4.78, 5) is 4.42. The van der Waals surface area contributed by atoms with E-state index in [4.69, 9.17) is 4.74 Å². The van der Waals surface area contributed by atoms with Crippen LogP contribution in [0.15, 0.2) is 36.4 Å². The van der Waals surface area contributed by atoms with E-state index in [2.05, 4.69) is 24.1 Å². The van der Waals surface area contributed by atoms with Gasteiger partial charge < -0.3 is 10.1 Å². The van der Waals surface area contributed by atoms with E-state index in [-0.39, 0.29) is 12.4 Å². The SMILES string of the molecule is CC(C)NCc1cccc(COc2ccc(F)cc2F)n1. The summed E-state index contributed by atoms with van der Waals surface area (Å²) in [5.41, 5.74) is 1.59. The van der Waals surface area contributed by atoms with E-state index >= 15 is 0 Å². The summed E-state index contributed by atoms with van der Waals surface area (Å²) in [7, 11) is 0. The van der Waals surface area contributed by atoms with Crippen LogP contribution in [0, 0.1) is 11.6 Å². The molecule has 0 saturated heterocycles. The van der Waals surface area contributed by atoms with E-state index < -0.39 is 11.6 Å². The lowest BCUT2D eigenvalue weighted by Gasteiger charge is -2.10. The lowest BCUT2D eigenvalue weighted by molar-refractivity contribution is 0.284. The summed E-state index contributed by atoms with van der Waals surface area (Å²) in [6, 6.07) is 9.21. The Morgan fingerprint density at radius 2 is 1.90 bits per heavy atom. The highest BCUT2D eigenvalue weighted by atomic mass is 19.1. The normalized spacial score (nSPS) is 10.9. The molecule has 0 atom stereocenters. The van der Waals surface area contributed by atoms with E-state index in [0.29, 0.717) is 18.3 Å². The summed E-state index contributed by atoms with van der Waals surface area (Å²) in [5, 5.41) is 3.27. The van der Waals surface area contributed by atoms with Crippen LogP contribution in [-0.4, -0.2) is 11.0 Å². The molecule has 0 radical (unpaired) electrons. The van der Waals surface area contributed by atoms with E-state index in [0.717, 1.165) is 17.8 Å². The zero-order valence-electron chi connectivity index (χ0n) is 12.1. The molecule has 0 fully saturated rings. The van der Waals surface area contributed by atoms with Gasteiger partial charge in [0.1, 0.15) is 12.4 Å². The van der Waals surface area contributed by atoms with Crippen LogP contribution in [0.5, 0.6) is 5.75 Å². The predicted molar refractivity (Wildman–Crippen MR) is 76.9 cm³/mol. The Hall–Kier alpha value is -2.01. The third kappa shape index (κ3) is 4.79. The van der Waals surface area contributed by atoms with Gasteiger partial charge in [0, 0.05) is 18.7 Å². The van der Waals surface area contributed by atoms with Gasteiger partial charge in [-0.3, -0.25) is 4.98 Å². The van der Waals surface area contributed by atoms with Gasteiger partial charge in [0.05, 0.1) is 11.4 Å². The monoisotopic (exact) mass is 292 g/mol. The van der Waals surface area contributed by atoms with Crippen molar-refractivity contribution in [1.29, 1.82) is 0 Å². The largest absolute Gasteiger partial charge is 0.484 e. The second-order valence-corrected chi connectivity index (χ2v) is 5.02. The summed E-state index contributed by atoms with van der Waals surface area (Å²) >= 11 is 0. The zero-order chi connectivity index (χ0) is 15.2. The molecule has 0 amide bonds. The van der Waals surface area contributed by atoms with Crippen LogP contribution in [0.1, 0.15) is 25.2 Å². The number of benzene rings is 1. The maximum absolute atomic E-state index is 13.4. The van der Waals surface area contributed by atoms with Crippen molar-refractivity contribution >= 4 is 0 Å². The molecule has 1 heterocycles. The first kappa shape index (κ1) is 15.4. The number of nitrogens with one attached hydrogen (secondary N) is 1. The van der Waals surface area contributed by atoms with Gasteiger partial charge in [-0.15, -0.1) is 0 Å². The predicted octanol–water partition coefficient (Wildman–Crippen LogP) is 3.44. The third-order valence-electron chi connectivity index (χ3n) is 2.83. The van der Waals surface area contributed by atoms with Gasteiger partial charge >= 0.3 is 0 Å². The molecule has 0 aliphatic carbocycles. The summed E-state index contributed by atoms with van der Waals surface area (Å²) in [6.07, 6.45) is 0. The zero-order valence-corrected chi connectivity index (χ0v) is 12.1. The lowest BCUT2D eigenvalue weighted by atomic mass is 10.3. The number of rotatable bonds is 6. The fraction of sp³-hybridized carbons (Fsp3) is 0.312. The number of nitrogens with zero attached hydrogens (tertiary/aromatic N) is 1. The van der Waals surface area contributed by atoms with Crippen LogP contribution in [-0.2, 0) is 13.2 Å². The van der Waals surface area contributed by atoms with E-state index in [1.54, 1.807) is 6.07 Å². The van der Waals surface area contributed by atoms with Crippen molar-refractivity contribution in [2.24, 2.45) is 0 Å². The Kier molecular flexibility index (Phi) is 5.22. The summed E-state index contributed by atoms with van der Waals surface area (Å²) in [5.74, 6) is -1.32. The highest BCUT2D eigenvalue weighted by Crippen LogP contribution is 2.18. The second kappa shape index (κ2) is 7.13. The van der Waals surface area contributed by atoms with E-state index in [1.807, 2.05) is 12.1 Å². The molecule has 0 aliphatic heterocycles. The first-order chi connectivity index (χ1) is 10.0. The van der Waals surface area contributed by atoms with Gasteiger partial charge in [0.15, 0.2) is 11.6 Å². The standard InChI is InChI=1S/C16H18F2N2O/c1-11(2)19-9-13-4-3-5-14(20-13)10-21-16-7-6-12(17)8-15(16)18/h3-8,11,19H,9-10H2,1-2H3. The molecule has 0 saturated carbocycles. The lowest BCUT2D eigenvalue weighted by Crippen LogP contribution is -2.22. The van der Waals surface area contributed by atoms with Gasteiger partial charge in [-0.2, -0.15) is 0 Å². The topological polar surface area (TPSA) is 34.1 Å². The highest BCUT2D eigenvalue weighted by Gasteiger charge is 2.06. The van der Waals surface area contributed by atoms with Crippen molar-refractivity contribution in [3.63, 3.8) is 0 Å². The number of ether oxygens (including phenoxy) is 1. The number of halogens is 2. The van der Waals surface area contributed by atoms with Gasteiger partial charge in [0.2, 0.25) is 0 Å². The molecule has 1 aromatic heterocycles. The molecule has 2 aromatic rings. The first-order valence-corrected chi connectivity index (χ1v) is 6.80. The van der Waals surface area contributed by atoms with Crippen LogP contribution >= 0.6 is 0 Å². The van der Waals surface area contributed by atoms with Crippen molar-refractivity contribution < 1.29 is 13.5 Å². The number of pyridine rings is 1. The van der Waals surface area contributed by atoms with Crippen molar-refractivity contribution in [3.8, 4) is 5.75 Å². The minimum Gasteiger partial charge on any atom is -0.484 e. The summed E-state index contributed by atoms with van der Waals surface area (Å²) < 4.78 is 31.6. The van der Waals surface area contributed by atoms with Crippen LogP contribution in [0.3, 0.4) is 0 Å². The highest BCUT2D eigenvalue weighted by molar-refractivity contribution is 5.25. The minimum absolute atomic E-state index is 0.0175. The number of aromatic nitrogens is 1. The molecule has 3 nitrogen and oxygen atoms in total. The Morgan fingerprint density at radius 3 is 2.62 bits per heavy atom. The Morgan fingerprint density at radius 1 is 1.14 bits per heavy atom. The van der Waals surface area contributed by atoms with Crippen molar-refractivity contribution in [1.82, 2.24) is 10.3 Å². The van der Waals surface area contributed by atoms with Crippen LogP contribution in [0.25, 0.3) is 0 Å². The minimum atomic E-state index is -0.715. The molecular formula is C16H18F2N2O. The van der Waals surface area contributed by atoms with Gasteiger partial charge in [-0.1, -0.05) is 19.9 Å². The Labute approximate surface area is 123 Å². The smallest absolute Gasteiger partial charge is 0.167 e. The quantitative estimate of drug-likeness (QED) is 0.885. The van der Waals surface area contributed by atoms with Gasteiger partial charge in [0.25, 0.3) is 0 Å². The molecular weight excluding hydrogens is 274 g/mol. The molecule has 0 spiro atoms. The molecule has 2 rings (SSSR count). The first-order valence-electron chi connectivity index (χ1n) is 6.80. The van der Waals surface area contributed by atoms with Crippen LogP contribution in [0.2, 0.25) is 0 Å². The molecule has 0 aliphatic rings. The molecule has 1 N–H and O–H groups in total. The van der Waals surface area contributed by atoms with Crippen molar-refractivity contribution in [2.75, 3.05) is 0 Å². The Bertz CT molecular complexity index is 603. The number of hydrogen-bond acceptors (Lipinski definition) is 3. The molecule has 21 heavy (non-hydrogen) atoms. The molecule has 1 aromatic carbocycles. The van der Waals surface area contributed by atoms with Gasteiger partial charge in [-0.05, 0) is 24.3 Å². The average molecular weight is 292 g/mol. The maximum atomic E-state index is 13.4. The molecule has 5 heteroatoms. The molecule has 112 valence electrons. The second-order valence-electron chi connectivity index (χ2n) is 5.02. The molecule has 0 unspecified atom stereocenters. The Balaban J connectivity index is 1.98. The number of hydrogen-bond donors (Lipinski definition) is 1. The van der Waals surface area contributed by atoms with E-state index in [1.165, 1.54) is 6.07 Å². The fourth-order valence-corrected chi connectivity index (χ4v) is 1.76. The van der Waals surface area contributed by atoms with Crippen LogP contribution < -0.4 is 10.1 Å². The fourth-order valence-electron chi connectivity index (χ4n) is 1.76. The van der Waals surface area contributed by atoms with E-state index in [9.17, 15) is 8.78 Å². The average Bonchev–Trinajstić information content (AvgIpc) is 2.45. The molecule has 0 bridgehead atoms. The third-order valence-corrected chi connectivity index (χ3v) is 2.83. The van der Waals surface area contributed by atoms with Crippen molar-refractivity contribution in [2.45, 2.75) is 33.0 Å². The van der Waals surface area contributed by atoms with Gasteiger partial charge in [-0.25, -0.2) is 8.78 Å². The maximum Gasteiger partial charge on any atom is 0.167 e. The summed E-state index contributed by atoms with van der Waals surface area (Å²) in [6.45, 7) is 4.92. The van der Waals surface area contributed by atoms with Crippen molar-refractivity contribution in [3.05, 3.63) is 59.4 Å².